The zero-order chi connectivity index (χ0) is 22.6. The van der Waals surface area contributed by atoms with E-state index in [1.54, 1.807) is 6.07 Å². The van der Waals surface area contributed by atoms with E-state index in [0.717, 1.165) is 5.56 Å². The van der Waals surface area contributed by atoms with Crippen molar-refractivity contribution in [1.82, 2.24) is 14.8 Å². The van der Waals surface area contributed by atoms with E-state index in [1.165, 1.54) is 42.7 Å². The summed E-state index contributed by atoms with van der Waals surface area (Å²) >= 11 is 0. The normalized spacial score (nSPS) is 22.5. The van der Waals surface area contributed by atoms with E-state index in [0.29, 0.717) is 19.3 Å². The molecule has 1 fully saturated rings. The number of hydrogen-bond donors (Lipinski definition) is 1. The van der Waals surface area contributed by atoms with E-state index < -0.39 is 22.5 Å². The number of aromatic nitrogens is 1. The number of likely N-dealkylation sites (N-methyl/N-ethyl adjacent to an activating group) is 1. The Morgan fingerprint density at radius 3 is 2.58 bits per heavy atom. The Labute approximate surface area is 179 Å². The maximum atomic E-state index is 12.5. The maximum absolute atomic E-state index is 12.5. The zero-order valence-electron chi connectivity index (χ0n) is 17.0. The van der Waals surface area contributed by atoms with Crippen LogP contribution >= 0.6 is 0 Å². The van der Waals surface area contributed by atoms with Gasteiger partial charge in [0.15, 0.2) is 0 Å². The third-order valence-corrected chi connectivity index (χ3v) is 6.41. The summed E-state index contributed by atoms with van der Waals surface area (Å²) in [6.45, 7) is 0. The second-order valence-electron chi connectivity index (χ2n) is 7.59. The minimum atomic E-state index is -4.75. The molecule has 1 aromatic carbocycles. The first-order valence-corrected chi connectivity index (χ1v) is 11.1. The van der Waals surface area contributed by atoms with Crippen molar-refractivity contribution >= 4 is 10.0 Å². The van der Waals surface area contributed by atoms with Crippen LogP contribution in [0.1, 0.15) is 30.7 Å². The number of alkyl halides is 3. The summed E-state index contributed by atoms with van der Waals surface area (Å²) in [4.78, 5) is 13.5. The van der Waals surface area contributed by atoms with Crippen LogP contribution in [-0.4, -0.2) is 50.9 Å². The summed E-state index contributed by atoms with van der Waals surface area (Å²) < 4.78 is 66.4. The largest absolute Gasteiger partial charge is 0.573 e. The minimum Gasteiger partial charge on any atom is -0.406 e. The number of ether oxygens (including phenoxy) is 1. The Balaban J connectivity index is 1.68. The van der Waals surface area contributed by atoms with Crippen molar-refractivity contribution in [3.05, 3.63) is 54.4 Å². The van der Waals surface area contributed by atoms with E-state index in [2.05, 4.69) is 14.6 Å². The number of nitrogens with one attached hydrogen (secondary N) is 1. The van der Waals surface area contributed by atoms with E-state index in [1.807, 2.05) is 19.0 Å². The first-order chi connectivity index (χ1) is 14.5. The van der Waals surface area contributed by atoms with Gasteiger partial charge in [-0.15, -0.1) is 13.2 Å². The first kappa shape index (κ1) is 23.5. The van der Waals surface area contributed by atoms with E-state index >= 15 is 0 Å². The summed E-state index contributed by atoms with van der Waals surface area (Å²) in [5.41, 5.74) is 0.739. The lowest BCUT2D eigenvalue weighted by Gasteiger charge is -2.39. The van der Waals surface area contributed by atoms with Crippen LogP contribution in [-0.2, 0) is 14.9 Å². The van der Waals surface area contributed by atoms with Gasteiger partial charge in [0.1, 0.15) is 10.6 Å². The van der Waals surface area contributed by atoms with Gasteiger partial charge in [-0.2, -0.15) is 0 Å². The van der Waals surface area contributed by atoms with Crippen molar-refractivity contribution in [3.8, 4) is 5.75 Å². The molecule has 3 unspecified atom stereocenters. The average Bonchev–Trinajstić information content (AvgIpc) is 2.72. The Kier molecular flexibility index (Phi) is 7.20. The number of pyridine rings is 1. The highest BCUT2D eigenvalue weighted by Crippen LogP contribution is 2.37. The molecule has 0 aliphatic heterocycles. The minimum absolute atomic E-state index is 0.00781. The number of benzene rings is 1. The second kappa shape index (κ2) is 9.51. The molecule has 1 heterocycles. The van der Waals surface area contributed by atoms with Crippen LogP contribution in [0, 0.1) is 0 Å². The fourth-order valence-corrected chi connectivity index (χ4v) is 4.55. The second-order valence-corrected chi connectivity index (χ2v) is 9.24. The van der Waals surface area contributed by atoms with Gasteiger partial charge >= 0.3 is 6.36 Å². The van der Waals surface area contributed by atoms with Gasteiger partial charge in [-0.25, -0.2) is 8.42 Å². The Hall–Kier alpha value is -2.21. The van der Waals surface area contributed by atoms with Crippen LogP contribution in [0.5, 0.6) is 5.75 Å². The van der Waals surface area contributed by atoms with Crippen molar-refractivity contribution in [2.75, 3.05) is 14.1 Å². The molecule has 0 saturated heterocycles. The molecule has 0 amide bonds. The Morgan fingerprint density at radius 1 is 1.16 bits per heavy atom. The van der Waals surface area contributed by atoms with Gasteiger partial charge in [-0.1, -0.05) is 17.0 Å². The molecule has 170 valence electrons. The molecule has 0 spiro atoms. The van der Waals surface area contributed by atoms with E-state index in [4.69, 9.17) is 4.84 Å². The predicted octanol–water partition coefficient (Wildman–Crippen LogP) is 3.46. The van der Waals surface area contributed by atoms with Crippen molar-refractivity contribution in [3.63, 3.8) is 0 Å². The van der Waals surface area contributed by atoms with Crippen LogP contribution < -0.4 is 9.62 Å². The van der Waals surface area contributed by atoms with Crippen LogP contribution in [0.3, 0.4) is 0 Å². The topological polar surface area (TPSA) is 80.8 Å². The summed E-state index contributed by atoms with van der Waals surface area (Å²) in [5, 5.41) is 0. The van der Waals surface area contributed by atoms with Gasteiger partial charge in [0, 0.05) is 18.4 Å². The van der Waals surface area contributed by atoms with Crippen LogP contribution in [0.15, 0.2) is 53.7 Å². The third kappa shape index (κ3) is 6.39. The molecule has 0 radical (unpaired) electrons. The molecule has 3 rings (SSSR count). The van der Waals surface area contributed by atoms with Crippen LogP contribution in [0.25, 0.3) is 0 Å². The van der Waals surface area contributed by atoms with Crippen molar-refractivity contribution in [1.29, 1.82) is 0 Å². The molecule has 11 heteroatoms. The fourth-order valence-electron chi connectivity index (χ4n) is 3.75. The first-order valence-electron chi connectivity index (χ1n) is 9.65. The molecule has 1 saturated carbocycles. The molecular weight excluding hydrogens is 435 g/mol. The van der Waals surface area contributed by atoms with Gasteiger partial charge in [0.25, 0.3) is 10.0 Å². The molecule has 31 heavy (non-hydrogen) atoms. The summed E-state index contributed by atoms with van der Waals surface area (Å²) in [5.74, 6) is -0.270. The number of sulfonamides is 1. The molecule has 1 N–H and O–H groups in total. The summed E-state index contributed by atoms with van der Waals surface area (Å²) in [6.07, 6.45) is -0.747. The van der Waals surface area contributed by atoms with Gasteiger partial charge in [0.05, 0.1) is 6.10 Å². The lowest BCUT2D eigenvalue weighted by atomic mass is 9.79. The number of hydrogen-bond acceptors (Lipinski definition) is 6. The molecule has 1 aliphatic rings. The highest BCUT2D eigenvalue weighted by atomic mass is 32.2. The van der Waals surface area contributed by atoms with Crippen LogP contribution in [0.4, 0.5) is 13.2 Å². The molecule has 7 nitrogen and oxygen atoms in total. The summed E-state index contributed by atoms with van der Waals surface area (Å²) in [7, 11) is -0.175. The number of rotatable bonds is 7. The molecule has 3 atom stereocenters. The SMILES string of the molecule is CN(C)C1CC(c2cccc(OC(F)(F)F)c2)CCC1ONS(=O)(=O)c1cccnc1. The third-order valence-electron chi connectivity index (χ3n) is 5.24. The molecular formula is C20H24F3N3O4S. The van der Waals surface area contributed by atoms with E-state index in [9.17, 15) is 21.6 Å². The lowest BCUT2D eigenvalue weighted by molar-refractivity contribution is -0.274. The Morgan fingerprint density at radius 2 is 1.94 bits per heavy atom. The van der Waals surface area contributed by atoms with Gasteiger partial charge in [-0.3, -0.25) is 9.82 Å². The molecule has 1 aromatic heterocycles. The zero-order valence-corrected chi connectivity index (χ0v) is 17.9. The highest BCUT2D eigenvalue weighted by molar-refractivity contribution is 7.89. The van der Waals surface area contributed by atoms with Crippen molar-refractivity contribution in [2.45, 2.75) is 48.6 Å². The smallest absolute Gasteiger partial charge is 0.406 e. The van der Waals surface area contributed by atoms with Gasteiger partial charge < -0.3 is 9.64 Å². The Bertz CT molecular complexity index is 971. The monoisotopic (exact) mass is 459 g/mol. The van der Waals surface area contributed by atoms with Gasteiger partial charge in [-0.05, 0) is 69.1 Å². The van der Waals surface area contributed by atoms with Gasteiger partial charge in [0.2, 0.25) is 0 Å². The fraction of sp³-hybridized carbons (Fsp3) is 0.450. The number of nitrogens with zero attached hydrogens (tertiary/aromatic N) is 2. The average molecular weight is 459 g/mol. The van der Waals surface area contributed by atoms with E-state index in [-0.39, 0.29) is 22.6 Å². The van der Waals surface area contributed by atoms with Crippen LogP contribution in [0.2, 0.25) is 0 Å². The standard InChI is InChI=1S/C20H24F3N3O4S/c1-26(2)18-12-15(14-5-3-6-16(11-14)29-20(21,22)23)8-9-19(18)30-25-31(27,28)17-7-4-10-24-13-17/h3-7,10-11,13,15,18-19,25H,8-9,12H2,1-2H3. The van der Waals surface area contributed by atoms with Crippen molar-refractivity contribution in [2.24, 2.45) is 0 Å². The molecule has 0 bridgehead atoms. The number of halogens is 3. The maximum Gasteiger partial charge on any atom is 0.573 e. The van der Waals surface area contributed by atoms with Crippen molar-refractivity contribution < 1.29 is 31.2 Å². The summed E-state index contributed by atoms with van der Waals surface area (Å²) in [6, 6.07) is 8.74. The quantitative estimate of drug-likeness (QED) is 0.639. The molecule has 2 aromatic rings. The predicted molar refractivity (Wildman–Crippen MR) is 107 cm³/mol. The molecule has 1 aliphatic carbocycles. The lowest BCUT2D eigenvalue weighted by Crippen LogP contribution is -2.47. The highest BCUT2D eigenvalue weighted by Gasteiger charge is 2.35.